The number of rotatable bonds is 5. The first-order chi connectivity index (χ1) is 7.56. The molecular formula is C11H15NO4. The maximum absolute atomic E-state index is 10.6. The van der Waals surface area contributed by atoms with E-state index in [4.69, 9.17) is 10.8 Å². The van der Waals surface area contributed by atoms with Crippen LogP contribution in [0.2, 0.25) is 0 Å². The van der Waals surface area contributed by atoms with E-state index >= 15 is 0 Å². The molecule has 0 amide bonds. The Labute approximate surface area is 93.1 Å². The minimum atomic E-state index is -1.15. The fourth-order valence-electron chi connectivity index (χ4n) is 1.48. The number of aliphatic hydroxyl groups is 2. The minimum absolute atomic E-state index is 0.0808. The molecule has 88 valence electrons. The lowest BCUT2D eigenvalue weighted by molar-refractivity contribution is -0.136. The van der Waals surface area contributed by atoms with Gasteiger partial charge in [0, 0.05) is 6.54 Å². The molecule has 2 atom stereocenters. The largest absolute Gasteiger partial charge is 0.481 e. The van der Waals surface area contributed by atoms with E-state index in [-0.39, 0.29) is 13.0 Å². The summed E-state index contributed by atoms with van der Waals surface area (Å²) in [6.07, 6.45) is -2.43. The van der Waals surface area contributed by atoms with Crippen molar-refractivity contribution in [2.45, 2.75) is 18.6 Å². The summed E-state index contributed by atoms with van der Waals surface area (Å²) >= 11 is 0. The van der Waals surface area contributed by atoms with Gasteiger partial charge in [-0.3, -0.25) is 4.79 Å². The number of carboxylic acid groups (broad SMARTS) is 1. The van der Waals surface area contributed by atoms with Crippen LogP contribution in [0.5, 0.6) is 0 Å². The summed E-state index contributed by atoms with van der Waals surface area (Å²) in [5.41, 5.74) is 6.12. The van der Waals surface area contributed by atoms with Gasteiger partial charge in [0.25, 0.3) is 0 Å². The van der Waals surface area contributed by atoms with Gasteiger partial charge in [-0.15, -0.1) is 0 Å². The summed E-state index contributed by atoms with van der Waals surface area (Å²) in [7, 11) is 0. The molecule has 0 bridgehead atoms. The monoisotopic (exact) mass is 225 g/mol. The minimum Gasteiger partial charge on any atom is -0.481 e. The van der Waals surface area contributed by atoms with Gasteiger partial charge >= 0.3 is 5.97 Å². The Morgan fingerprint density at radius 2 is 1.94 bits per heavy atom. The van der Waals surface area contributed by atoms with Crippen LogP contribution >= 0.6 is 0 Å². The van der Waals surface area contributed by atoms with Crippen LogP contribution < -0.4 is 5.73 Å². The molecule has 5 nitrogen and oxygen atoms in total. The zero-order valence-corrected chi connectivity index (χ0v) is 8.71. The molecule has 0 radical (unpaired) electrons. The van der Waals surface area contributed by atoms with Crippen molar-refractivity contribution in [1.82, 2.24) is 0 Å². The summed E-state index contributed by atoms with van der Waals surface area (Å²) in [6.45, 7) is -0.0808. The van der Waals surface area contributed by atoms with Crippen LogP contribution in [0.25, 0.3) is 0 Å². The number of hydrogen-bond donors (Lipinski definition) is 4. The second kappa shape index (κ2) is 5.60. The third-order valence-electron chi connectivity index (χ3n) is 2.32. The van der Waals surface area contributed by atoms with Crippen molar-refractivity contribution in [1.29, 1.82) is 0 Å². The van der Waals surface area contributed by atoms with Crippen LogP contribution in [-0.4, -0.2) is 33.9 Å². The SMILES string of the molecule is NCC(O)C(O)c1ccccc1CC(=O)O. The first-order valence-corrected chi connectivity index (χ1v) is 4.92. The lowest BCUT2D eigenvalue weighted by atomic mass is 9.97. The fraction of sp³-hybridized carbons (Fsp3) is 0.364. The molecule has 0 saturated carbocycles. The van der Waals surface area contributed by atoms with Crippen LogP contribution in [0.4, 0.5) is 0 Å². The van der Waals surface area contributed by atoms with E-state index in [1.54, 1.807) is 24.3 Å². The standard InChI is InChI=1S/C11H15NO4/c12-6-9(13)11(16)8-4-2-1-3-7(8)5-10(14)15/h1-4,9,11,13,16H,5-6,12H2,(H,14,15). The molecular weight excluding hydrogens is 210 g/mol. The summed E-state index contributed by atoms with van der Waals surface area (Å²) in [5.74, 6) is -0.984. The highest BCUT2D eigenvalue weighted by atomic mass is 16.4. The normalized spacial score (nSPS) is 14.4. The molecule has 16 heavy (non-hydrogen) atoms. The number of benzene rings is 1. The molecule has 2 unspecified atom stereocenters. The predicted molar refractivity (Wildman–Crippen MR) is 57.8 cm³/mol. The Bertz CT molecular complexity index is 367. The lowest BCUT2D eigenvalue weighted by Gasteiger charge is -2.18. The van der Waals surface area contributed by atoms with Crippen LogP contribution in [-0.2, 0) is 11.2 Å². The first kappa shape index (κ1) is 12.6. The zero-order valence-electron chi connectivity index (χ0n) is 8.71. The van der Waals surface area contributed by atoms with Crippen molar-refractivity contribution in [3.8, 4) is 0 Å². The van der Waals surface area contributed by atoms with Crippen molar-refractivity contribution in [2.75, 3.05) is 6.54 Å². The quantitative estimate of drug-likeness (QED) is 0.549. The van der Waals surface area contributed by atoms with Crippen LogP contribution in [0, 0.1) is 0 Å². The summed E-state index contributed by atoms with van der Waals surface area (Å²) < 4.78 is 0. The molecule has 0 aliphatic heterocycles. The van der Waals surface area contributed by atoms with E-state index in [0.717, 1.165) is 0 Å². The van der Waals surface area contributed by atoms with Crippen LogP contribution in [0.15, 0.2) is 24.3 Å². The Morgan fingerprint density at radius 1 is 1.31 bits per heavy atom. The number of carbonyl (C=O) groups is 1. The second-order valence-corrected chi connectivity index (χ2v) is 3.52. The number of carboxylic acids is 1. The van der Waals surface area contributed by atoms with Gasteiger partial charge in [-0.05, 0) is 11.1 Å². The van der Waals surface area contributed by atoms with E-state index in [2.05, 4.69) is 0 Å². The lowest BCUT2D eigenvalue weighted by Crippen LogP contribution is -2.28. The second-order valence-electron chi connectivity index (χ2n) is 3.52. The average molecular weight is 225 g/mol. The van der Waals surface area contributed by atoms with Crippen molar-refractivity contribution in [3.05, 3.63) is 35.4 Å². The van der Waals surface area contributed by atoms with E-state index in [9.17, 15) is 15.0 Å². The molecule has 0 spiro atoms. The molecule has 1 aromatic carbocycles. The van der Waals surface area contributed by atoms with Crippen LogP contribution in [0.1, 0.15) is 17.2 Å². The topological polar surface area (TPSA) is 104 Å². The van der Waals surface area contributed by atoms with Crippen LogP contribution in [0.3, 0.4) is 0 Å². The van der Waals surface area contributed by atoms with Crippen molar-refractivity contribution in [3.63, 3.8) is 0 Å². The molecule has 0 aliphatic rings. The molecule has 1 rings (SSSR count). The third-order valence-corrected chi connectivity index (χ3v) is 2.32. The highest BCUT2D eigenvalue weighted by Gasteiger charge is 2.20. The smallest absolute Gasteiger partial charge is 0.307 e. The van der Waals surface area contributed by atoms with Gasteiger partial charge in [0.2, 0.25) is 0 Å². The van der Waals surface area contributed by atoms with Gasteiger partial charge in [0.1, 0.15) is 6.10 Å². The highest BCUT2D eigenvalue weighted by Crippen LogP contribution is 2.21. The fourth-order valence-corrected chi connectivity index (χ4v) is 1.48. The van der Waals surface area contributed by atoms with Crippen molar-refractivity contribution >= 4 is 5.97 Å². The first-order valence-electron chi connectivity index (χ1n) is 4.92. The van der Waals surface area contributed by atoms with Gasteiger partial charge in [-0.1, -0.05) is 24.3 Å². The van der Waals surface area contributed by atoms with Gasteiger partial charge in [-0.25, -0.2) is 0 Å². The molecule has 5 N–H and O–H groups in total. The van der Waals surface area contributed by atoms with E-state index in [1.807, 2.05) is 0 Å². The number of nitrogens with two attached hydrogens (primary N) is 1. The molecule has 0 fully saturated rings. The number of aliphatic carboxylic acids is 1. The highest BCUT2D eigenvalue weighted by molar-refractivity contribution is 5.70. The van der Waals surface area contributed by atoms with Gasteiger partial charge < -0.3 is 21.1 Å². The van der Waals surface area contributed by atoms with Gasteiger partial charge in [-0.2, -0.15) is 0 Å². The summed E-state index contributed by atoms with van der Waals surface area (Å²) in [5, 5.41) is 27.9. The molecule has 0 aliphatic carbocycles. The Kier molecular flexibility index (Phi) is 4.42. The Balaban J connectivity index is 2.98. The van der Waals surface area contributed by atoms with E-state index in [1.165, 1.54) is 0 Å². The summed E-state index contributed by atoms with van der Waals surface area (Å²) in [4.78, 5) is 10.6. The summed E-state index contributed by atoms with van der Waals surface area (Å²) in [6, 6.07) is 6.55. The molecule has 0 aromatic heterocycles. The maximum Gasteiger partial charge on any atom is 0.307 e. The third kappa shape index (κ3) is 3.03. The molecule has 0 heterocycles. The van der Waals surface area contributed by atoms with Gasteiger partial charge in [0.15, 0.2) is 0 Å². The molecule has 5 heteroatoms. The van der Waals surface area contributed by atoms with Crippen molar-refractivity contribution < 1.29 is 20.1 Å². The average Bonchev–Trinajstić information content (AvgIpc) is 2.27. The number of aliphatic hydroxyl groups excluding tert-OH is 2. The maximum atomic E-state index is 10.6. The van der Waals surface area contributed by atoms with E-state index < -0.39 is 18.2 Å². The Hall–Kier alpha value is -1.43. The Morgan fingerprint density at radius 3 is 2.50 bits per heavy atom. The zero-order chi connectivity index (χ0) is 12.1. The molecule has 0 saturated heterocycles. The van der Waals surface area contributed by atoms with Gasteiger partial charge in [0.05, 0.1) is 12.5 Å². The molecule has 1 aromatic rings. The predicted octanol–water partition coefficient (Wildman–Crippen LogP) is -0.333. The van der Waals surface area contributed by atoms with E-state index in [0.29, 0.717) is 11.1 Å². The van der Waals surface area contributed by atoms with Crippen molar-refractivity contribution in [2.24, 2.45) is 5.73 Å². The number of hydrogen-bond acceptors (Lipinski definition) is 4.